The Morgan fingerprint density at radius 1 is 0.868 bits per heavy atom. The van der Waals surface area contributed by atoms with Gasteiger partial charge in [-0.3, -0.25) is 9.59 Å². The zero-order valence-electron chi connectivity index (χ0n) is 22.7. The zero-order chi connectivity index (χ0) is 27.2. The van der Waals surface area contributed by atoms with E-state index < -0.39 is 0 Å². The Hall–Kier alpha value is -2.90. The number of unbranched alkanes of at least 4 members (excludes halogenated alkanes) is 1. The van der Waals surface area contributed by atoms with Crippen LogP contribution in [0.4, 0.5) is 0 Å². The molecule has 38 heavy (non-hydrogen) atoms. The van der Waals surface area contributed by atoms with Crippen LogP contribution in [0.2, 0.25) is 0 Å². The van der Waals surface area contributed by atoms with Crippen LogP contribution in [0.15, 0.2) is 77.4 Å². The molecule has 0 N–H and O–H groups in total. The van der Waals surface area contributed by atoms with Gasteiger partial charge in [0.2, 0.25) is 11.8 Å². The summed E-state index contributed by atoms with van der Waals surface area (Å²) < 4.78 is 8.45. The summed E-state index contributed by atoms with van der Waals surface area (Å²) in [5.74, 6) is -0.00678. The first-order valence-corrected chi connectivity index (χ1v) is 14.3. The lowest BCUT2D eigenvalue weighted by molar-refractivity contribution is -0.141. The first-order chi connectivity index (χ1) is 18.5. The van der Waals surface area contributed by atoms with Crippen molar-refractivity contribution in [3.8, 4) is 0 Å². The van der Waals surface area contributed by atoms with Crippen molar-refractivity contribution in [2.75, 3.05) is 33.4 Å². The minimum atomic E-state index is -0.0136. The van der Waals surface area contributed by atoms with Gasteiger partial charge in [0.15, 0.2) is 0 Å². The van der Waals surface area contributed by atoms with Gasteiger partial charge < -0.3 is 19.1 Å². The van der Waals surface area contributed by atoms with Crippen LogP contribution in [0.25, 0.3) is 0 Å². The lowest BCUT2D eigenvalue weighted by Gasteiger charge is -2.28. The fraction of sp³-hybridized carbons (Fsp3) is 0.419. The quantitative estimate of drug-likeness (QED) is 0.197. The number of halogens is 1. The highest BCUT2D eigenvalue weighted by molar-refractivity contribution is 9.10. The van der Waals surface area contributed by atoms with Crippen molar-refractivity contribution in [1.82, 2.24) is 14.4 Å². The molecule has 0 saturated carbocycles. The topological polar surface area (TPSA) is 54.8 Å². The smallest absolute Gasteiger partial charge is 0.242 e. The highest BCUT2D eigenvalue weighted by Gasteiger charge is 2.22. The summed E-state index contributed by atoms with van der Waals surface area (Å²) in [4.78, 5) is 30.4. The lowest BCUT2D eigenvalue weighted by atomic mass is 10.1. The molecule has 1 heterocycles. The van der Waals surface area contributed by atoms with Crippen molar-refractivity contribution >= 4 is 27.7 Å². The third kappa shape index (κ3) is 9.76. The van der Waals surface area contributed by atoms with E-state index in [4.69, 9.17) is 4.74 Å². The molecule has 0 unspecified atom stereocenters. The summed E-state index contributed by atoms with van der Waals surface area (Å²) in [6, 6.07) is 22.4. The molecule has 0 atom stereocenters. The second-order valence-corrected chi connectivity index (χ2v) is 10.5. The van der Waals surface area contributed by atoms with Gasteiger partial charge in [0, 0.05) is 56.1 Å². The van der Waals surface area contributed by atoms with Gasteiger partial charge >= 0.3 is 0 Å². The van der Waals surface area contributed by atoms with E-state index >= 15 is 0 Å². The molecule has 6 nitrogen and oxygen atoms in total. The van der Waals surface area contributed by atoms with Gasteiger partial charge in [0.05, 0.1) is 13.1 Å². The normalized spacial score (nSPS) is 10.9. The molecule has 0 aliphatic carbocycles. The predicted molar refractivity (Wildman–Crippen MR) is 156 cm³/mol. The number of hydrogen-bond donors (Lipinski definition) is 0. The largest absolute Gasteiger partial charge is 0.385 e. The zero-order valence-corrected chi connectivity index (χ0v) is 24.2. The number of hydrogen-bond acceptors (Lipinski definition) is 3. The fourth-order valence-electron chi connectivity index (χ4n) is 4.38. The van der Waals surface area contributed by atoms with Gasteiger partial charge in [-0.1, -0.05) is 71.7 Å². The predicted octanol–water partition coefficient (Wildman–Crippen LogP) is 5.93. The number of aromatic nitrogens is 1. The summed E-state index contributed by atoms with van der Waals surface area (Å²) in [7, 11) is 1.66. The van der Waals surface area contributed by atoms with Crippen LogP contribution >= 0.6 is 15.9 Å². The van der Waals surface area contributed by atoms with E-state index in [0.29, 0.717) is 45.5 Å². The Balaban J connectivity index is 1.68. The summed E-state index contributed by atoms with van der Waals surface area (Å²) in [6.45, 7) is 5.22. The molecule has 0 fully saturated rings. The second-order valence-electron chi connectivity index (χ2n) is 9.57. The van der Waals surface area contributed by atoms with Crippen LogP contribution in [0.1, 0.15) is 49.4 Å². The maximum atomic E-state index is 13.6. The Morgan fingerprint density at radius 3 is 2.32 bits per heavy atom. The number of carbonyl (C=O) groups is 2. The van der Waals surface area contributed by atoms with Crippen molar-refractivity contribution in [2.45, 2.75) is 52.1 Å². The molecule has 0 saturated heterocycles. The van der Waals surface area contributed by atoms with E-state index in [1.807, 2.05) is 53.4 Å². The fourth-order valence-corrected chi connectivity index (χ4v) is 4.64. The van der Waals surface area contributed by atoms with Crippen molar-refractivity contribution in [3.05, 3.63) is 94.2 Å². The average Bonchev–Trinajstić information content (AvgIpc) is 3.37. The number of benzene rings is 2. The second kappa shape index (κ2) is 16.1. The molecule has 3 rings (SSSR count). The first kappa shape index (κ1) is 29.7. The monoisotopic (exact) mass is 581 g/mol. The van der Waals surface area contributed by atoms with Gasteiger partial charge in [-0.25, -0.2) is 0 Å². The standard InChI is InChI=1S/C31H40BrN3O3/c1-3-4-19-34(24-29-12-8-20-33(29)23-27-13-16-28(32)17-14-27)31(37)25-35(21-9-22-38-2)30(36)18-15-26-10-6-5-7-11-26/h5-8,10-14,16-17,20H,3-4,9,15,18-19,21-25H2,1-2H3. The number of ether oxygens (including phenoxy) is 1. The molecule has 0 radical (unpaired) electrons. The Morgan fingerprint density at radius 2 is 1.61 bits per heavy atom. The van der Waals surface area contributed by atoms with Crippen LogP contribution in [0.3, 0.4) is 0 Å². The van der Waals surface area contributed by atoms with Gasteiger partial charge in [-0.2, -0.15) is 0 Å². The van der Waals surface area contributed by atoms with Gasteiger partial charge in [-0.05, 0) is 54.7 Å². The summed E-state index contributed by atoms with van der Waals surface area (Å²) in [5.41, 5.74) is 3.41. The third-order valence-electron chi connectivity index (χ3n) is 6.60. The number of methoxy groups -OCH3 is 1. The van der Waals surface area contributed by atoms with E-state index in [-0.39, 0.29) is 18.4 Å². The number of rotatable bonds is 16. The van der Waals surface area contributed by atoms with E-state index in [9.17, 15) is 9.59 Å². The molecule has 3 aromatic rings. The molecule has 0 spiro atoms. The molecule has 1 aromatic heterocycles. The minimum Gasteiger partial charge on any atom is -0.385 e. The van der Waals surface area contributed by atoms with E-state index in [1.165, 1.54) is 5.56 Å². The SMILES string of the molecule is CCCCN(Cc1cccn1Cc1ccc(Br)cc1)C(=O)CN(CCCOC)C(=O)CCc1ccccc1. The number of amides is 2. The molecule has 2 amide bonds. The van der Waals surface area contributed by atoms with E-state index in [0.717, 1.165) is 35.1 Å². The van der Waals surface area contributed by atoms with Crippen LogP contribution < -0.4 is 0 Å². The Labute approximate surface area is 235 Å². The van der Waals surface area contributed by atoms with Gasteiger partial charge in [0.1, 0.15) is 0 Å². The van der Waals surface area contributed by atoms with Crippen LogP contribution in [-0.2, 0) is 33.8 Å². The minimum absolute atomic E-state index is 0.00682. The molecule has 0 bridgehead atoms. The van der Waals surface area contributed by atoms with E-state index in [1.54, 1.807) is 12.0 Å². The summed E-state index contributed by atoms with van der Waals surface area (Å²) in [6.07, 6.45) is 5.73. The Kier molecular flexibility index (Phi) is 12.6. The van der Waals surface area contributed by atoms with Crippen molar-refractivity contribution < 1.29 is 14.3 Å². The average molecular weight is 583 g/mol. The molecular formula is C31H40BrN3O3. The third-order valence-corrected chi connectivity index (χ3v) is 7.13. The van der Waals surface area contributed by atoms with Crippen LogP contribution in [0.5, 0.6) is 0 Å². The maximum Gasteiger partial charge on any atom is 0.242 e. The number of aryl methyl sites for hydroxylation is 1. The van der Waals surface area contributed by atoms with Gasteiger partial charge in [-0.15, -0.1) is 0 Å². The van der Waals surface area contributed by atoms with Crippen LogP contribution in [0, 0.1) is 0 Å². The van der Waals surface area contributed by atoms with Crippen molar-refractivity contribution in [3.63, 3.8) is 0 Å². The highest BCUT2D eigenvalue weighted by Crippen LogP contribution is 2.15. The van der Waals surface area contributed by atoms with Crippen LogP contribution in [-0.4, -0.2) is 59.5 Å². The summed E-state index contributed by atoms with van der Waals surface area (Å²) >= 11 is 3.50. The Bertz CT molecular complexity index is 1110. The molecular weight excluding hydrogens is 542 g/mol. The van der Waals surface area contributed by atoms with Crippen molar-refractivity contribution in [2.24, 2.45) is 0 Å². The molecule has 0 aliphatic rings. The van der Waals surface area contributed by atoms with Crippen molar-refractivity contribution in [1.29, 1.82) is 0 Å². The molecule has 2 aromatic carbocycles. The number of nitrogens with zero attached hydrogens (tertiary/aromatic N) is 3. The van der Waals surface area contributed by atoms with Gasteiger partial charge in [0.25, 0.3) is 0 Å². The molecule has 0 aliphatic heterocycles. The summed E-state index contributed by atoms with van der Waals surface area (Å²) in [5, 5.41) is 0. The molecule has 7 heteroatoms. The lowest BCUT2D eigenvalue weighted by Crippen LogP contribution is -2.44. The molecule has 204 valence electrons. The van der Waals surface area contributed by atoms with E-state index in [2.05, 4.69) is 51.8 Å². The maximum absolute atomic E-state index is 13.6. The highest BCUT2D eigenvalue weighted by atomic mass is 79.9. The number of carbonyl (C=O) groups excluding carboxylic acids is 2. The first-order valence-electron chi connectivity index (χ1n) is 13.5.